The number of sulfonamides is 1. The Hall–Kier alpha value is -1.99. The van der Waals surface area contributed by atoms with Gasteiger partial charge in [-0.2, -0.15) is 13.5 Å². The summed E-state index contributed by atoms with van der Waals surface area (Å²) in [5.41, 5.74) is 0.845. The van der Waals surface area contributed by atoms with Crippen LogP contribution in [0.4, 0.5) is 0 Å². The van der Waals surface area contributed by atoms with E-state index in [9.17, 15) is 8.42 Å². The number of aromatic nitrogens is 2. The number of hydrogen-bond acceptors (Lipinski definition) is 4. The van der Waals surface area contributed by atoms with Crippen molar-refractivity contribution < 1.29 is 8.42 Å². The molecule has 1 aliphatic rings. The third kappa shape index (κ3) is 1.42. The Morgan fingerprint density at radius 3 is 2.89 bits per heavy atom. The molecule has 0 bridgehead atoms. The molecule has 0 N–H and O–H groups in total. The third-order valence-electron chi connectivity index (χ3n) is 2.99. The number of thiophene rings is 1. The topological polar surface area (TPSA) is 64.3 Å². The summed E-state index contributed by atoms with van der Waals surface area (Å²) < 4.78 is 29.3. The van der Waals surface area contributed by atoms with Gasteiger partial charge >= 0.3 is 0 Å². The fraction of sp³-hybridized carbons (Fsp3) is 0. The first-order valence-electron chi connectivity index (χ1n) is 5.53. The average Bonchev–Trinajstić information content (AvgIpc) is 3.07. The van der Waals surface area contributed by atoms with Crippen LogP contribution in [0.5, 0.6) is 0 Å². The Morgan fingerprint density at radius 1 is 1.16 bits per heavy atom. The van der Waals surface area contributed by atoms with Gasteiger partial charge in [0.1, 0.15) is 4.90 Å². The van der Waals surface area contributed by atoms with Crippen molar-refractivity contribution >= 4 is 38.1 Å². The van der Waals surface area contributed by atoms with E-state index in [2.05, 4.69) is 9.50 Å². The van der Waals surface area contributed by atoms with E-state index >= 15 is 0 Å². The van der Waals surface area contributed by atoms with E-state index in [0.29, 0.717) is 10.7 Å². The highest BCUT2D eigenvalue weighted by atomic mass is 32.2. The first-order valence-corrected chi connectivity index (χ1v) is 7.85. The molecule has 0 spiro atoms. The van der Waals surface area contributed by atoms with Crippen molar-refractivity contribution in [3.8, 4) is 0 Å². The standard InChI is InChI=1S/C12H7N3O2S2/c16-19(17)10-5-6-18-11(10)12(14-19)15-9-4-2-1-3-8(9)7-13-15/h1-7H. The van der Waals surface area contributed by atoms with Gasteiger partial charge in [-0.3, -0.25) is 0 Å². The van der Waals surface area contributed by atoms with Crippen LogP contribution in [0.1, 0.15) is 4.88 Å². The summed E-state index contributed by atoms with van der Waals surface area (Å²) in [6.45, 7) is 0. The highest BCUT2D eigenvalue weighted by molar-refractivity contribution is 7.91. The molecule has 0 aliphatic carbocycles. The number of fused-ring (bicyclic) bond motifs is 2. The predicted molar refractivity (Wildman–Crippen MR) is 73.2 cm³/mol. The van der Waals surface area contributed by atoms with Crippen LogP contribution in [0.15, 0.2) is 51.2 Å². The molecule has 0 unspecified atom stereocenters. The quantitative estimate of drug-likeness (QED) is 0.636. The lowest BCUT2D eigenvalue weighted by Crippen LogP contribution is -2.11. The monoisotopic (exact) mass is 289 g/mol. The summed E-state index contributed by atoms with van der Waals surface area (Å²) in [4.78, 5) is 0.918. The van der Waals surface area contributed by atoms with Crippen LogP contribution in [0.3, 0.4) is 0 Å². The van der Waals surface area contributed by atoms with Gasteiger partial charge in [0.2, 0.25) is 0 Å². The van der Waals surface area contributed by atoms with Crippen molar-refractivity contribution in [2.24, 2.45) is 4.40 Å². The van der Waals surface area contributed by atoms with Crippen molar-refractivity contribution in [2.75, 3.05) is 0 Å². The van der Waals surface area contributed by atoms with Crippen LogP contribution in [0.25, 0.3) is 10.9 Å². The minimum absolute atomic E-state index is 0.270. The Kier molecular flexibility index (Phi) is 2.02. The molecule has 3 heterocycles. The largest absolute Gasteiger partial charge is 0.285 e. The van der Waals surface area contributed by atoms with Crippen molar-refractivity contribution in [1.82, 2.24) is 9.78 Å². The Balaban J connectivity index is 2.05. The molecule has 3 aromatic rings. The lowest BCUT2D eigenvalue weighted by Gasteiger charge is -2.00. The van der Waals surface area contributed by atoms with E-state index in [1.165, 1.54) is 11.3 Å². The molecule has 4 rings (SSSR count). The Bertz CT molecular complexity index is 935. The molecule has 0 saturated carbocycles. The van der Waals surface area contributed by atoms with Gasteiger partial charge in [0.15, 0.2) is 5.84 Å². The van der Waals surface area contributed by atoms with Crippen LogP contribution >= 0.6 is 11.3 Å². The first-order chi connectivity index (χ1) is 9.17. The molecule has 94 valence electrons. The van der Waals surface area contributed by atoms with Gasteiger partial charge in [-0.25, -0.2) is 4.68 Å². The maximum atomic E-state index is 11.9. The van der Waals surface area contributed by atoms with Crippen molar-refractivity contribution in [1.29, 1.82) is 0 Å². The maximum absolute atomic E-state index is 11.9. The lowest BCUT2D eigenvalue weighted by atomic mass is 10.2. The van der Waals surface area contributed by atoms with E-state index in [-0.39, 0.29) is 4.90 Å². The van der Waals surface area contributed by atoms with Gasteiger partial charge in [0, 0.05) is 5.39 Å². The zero-order chi connectivity index (χ0) is 13.0. The molecule has 2 aromatic heterocycles. The van der Waals surface area contributed by atoms with Crippen LogP contribution in [-0.2, 0) is 10.0 Å². The van der Waals surface area contributed by atoms with E-state index in [4.69, 9.17) is 0 Å². The van der Waals surface area contributed by atoms with Crippen LogP contribution in [0.2, 0.25) is 0 Å². The van der Waals surface area contributed by atoms with Gasteiger partial charge in [0.25, 0.3) is 10.0 Å². The fourth-order valence-corrected chi connectivity index (χ4v) is 4.57. The summed E-state index contributed by atoms with van der Waals surface area (Å²) in [6, 6.07) is 9.21. The van der Waals surface area contributed by atoms with Crippen molar-refractivity contribution in [3.63, 3.8) is 0 Å². The molecule has 1 aliphatic heterocycles. The minimum atomic E-state index is -3.57. The fourth-order valence-electron chi connectivity index (χ4n) is 2.14. The maximum Gasteiger partial charge on any atom is 0.285 e. The smallest absolute Gasteiger partial charge is 0.212 e. The molecule has 0 radical (unpaired) electrons. The summed E-state index contributed by atoms with van der Waals surface area (Å²) in [5.74, 6) is 0.381. The van der Waals surface area contributed by atoms with Crippen LogP contribution in [0, 0.1) is 0 Å². The molecule has 1 aromatic carbocycles. The molecule has 0 amide bonds. The zero-order valence-electron chi connectivity index (χ0n) is 9.52. The summed E-state index contributed by atoms with van der Waals surface area (Å²) in [7, 11) is -3.57. The average molecular weight is 289 g/mol. The summed E-state index contributed by atoms with van der Waals surface area (Å²) in [6.07, 6.45) is 1.70. The van der Waals surface area contributed by atoms with E-state index in [0.717, 1.165) is 10.9 Å². The number of rotatable bonds is 0. The van der Waals surface area contributed by atoms with E-state index in [1.807, 2.05) is 24.3 Å². The van der Waals surface area contributed by atoms with Gasteiger partial charge in [0.05, 0.1) is 16.6 Å². The molecule has 0 saturated heterocycles. The van der Waals surface area contributed by atoms with Gasteiger partial charge in [-0.1, -0.05) is 18.2 Å². The normalized spacial score (nSPS) is 16.5. The van der Waals surface area contributed by atoms with Crippen LogP contribution < -0.4 is 0 Å². The molecule has 0 atom stereocenters. The Labute approximate surface area is 112 Å². The molecule has 5 nitrogen and oxygen atoms in total. The van der Waals surface area contributed by atoms with Crippen molar-refractivity contribution in [2.45, 2.75) is 4.90 Å². The van der Waals surface area contributed by atoms with Crippen LogP contribution in [-0.4, -0.2) is 24.0 Å². The van der Waals surface area contributed by atoms with E-state index in [1.54, 1.807) is 22.3 Å². The molecular formula is C12H7N3O2S2. The van der Waals surface area contributed by atoms with Crippen molar-refractivity contribution in [3.05, 3.63) is 46.8 Å². The van der Waals surface area contributed by atoms with E-state index < -0.39 is 10.0 Å². The molecule has 19 heavy (non-hydrogen) atoms. The predicted octanol–water partition coefficient (Wildman–Crippen LogP) is 2.09. The molecule has 7 heteroatoms. The van der Waals surface area contributed by atoms with Gasteiger partial charge in [-0.15, -0.1) is 15.7 Å². The number of hydrogen-bond donors (Lipinski definition) is 0. The second-order valence-electron chi connectivity index (χ2n) is 4.12. The van der Waals surface area contributed by atoms with Gasteiger partial charge < -0.3 is 0 Å². The number of nitrogens with zero attached hydrogens (tertiary/aromatic N) is 3. The minimum Gasteiger partial charge on any atom is -0.212 e. The second kappa shape index (κ2) is 3.52. The highest BCUT2D eigenvalue weighted by Crippen LogP contribution is 2.32. The SMILES string of the molecule is O=S1(=O)N=C(n2ncc3ccccc32)c2sccc21. The first kappa shape index (κ1) is 10.9. The third-order valence-corrected chi connectivity index (χ3v) is 5.34. The molecule has 0 fully saturated rings. The number of benzene rings is 1. The second-order valence-corrected chi connectivity index (χ2v) is 6.61. The summed E-state index contributed by atoms with van der Waals surface area (Å²) in [5, 5.41) is 6.95. The zero-order valence-corrected chi connectivity index (χ0v) is 11.1. The number of para-hydroxylation sites is 1. The lowest BCUT2D eigenvalue weighted by molar-refractivity contribution is 0.599. The van der Waals surface area contributed by atoms with Gasteiger partial charge in [-0.05, 0) is 17.5 Å². The Morgan fingerprint density at radius 2 is 2.00 bits per heavy atom. The summed E-state index contributed by atoms with van der Waals surface area (Å²) >= 11 is 1.36. The highest BCUT2D eigenvalue weighted by Gasteiger charge is 2.32. The molecular weight excluding hydrogens is 282 g/mol.